The highest BCUT2D eigenvalue weighted by Crippen LogP contribution is 2.39. The lowest BCUT2D eigenvalue weighted by atomic mass is 9.85. The molecule has 0 bridgehead atoms. The molecule has 0 aromatic carbocycles. The maximum absolute atomic E-state index is 2.44. The molecule has 0 nitrogen and oxygen atoms in total. The molecule has 0 saturated heterocycles. The van der Waals surface area contributed by atoms with E-state index in [0.29, 0.717) is 0 Å². The zero-order chi connectivity index (χ0) is 11.1. The number of hydrogen-bond acceptors (Lipinski definition) is 0. The minimum Gasteiger partial charge on any atom is -0.0683 e. The summed E-state index contributed by atoms with van der Waals surface area (Å²) in [6.07, 6.45) is 5.85. The first-order valence-corrected chi connectivity index (χ1v) is 6.61. The van der Waals surface area contributed by atoms with E-state index in [-0.39, 0.29) is 0 Å². The van der Waals surface area contributed by atoms with Gasteiger partial charge in [0.25, 0.3) is 0 Å². The smallest absolute Gasteiger partial charge is 0.0363 e. The van der Waals surface area contributed by atoms with Crippen molar-refractivity contribution in [1.29, 1.82) is 0 Å². The molecule has 0 heterocycles. The van der Waals surface area contributed by atoms with Crippen molar-refractivity contribution in [3.63, 3.8) is 0 Å². The van der Waals surface area contributed by atoms with Gasteiger partial charge in [-0.15, -0.1) is 0 Å². The van der Waals surface area contributed by atoms with Crippen molar-refractivity contribution in [3.8, 4) is 0 Å². The van der Waals surface area contributed by atoms with Crippen molar-refractivity contribution < 1.29 is 0 Å². The fraction of sp³-hybridized carbons (Fsp3) is 1.00. The van der Waals surface area contributed by atoms with Gasteiger partial charge in [-0.25, -0.2) is 0 Å². The second-order valence-electron chi connectivity index (χ2n) is 5.17. The van der Waals surface area contributed by atoms with Gasteiger partial charge in [0.1, 0.15) is 0 Å². The van der Waals surface area contributed by atoms with Gasteiger partial charge in [0.15, 0.2) is 0 Å². The second kappa shape index (κ2) is 7.31. The Bertz CT molecular complexity index is 116. The Balaban J connectivity index is 0.000000791. The molecule has 2 atom stereocenters. The molecule has 0 spiro atoms. The predicted octanol–water partition coefficient (Wildman–Crippen LogP) is 5.13. The van der Waals surface area contributed by atoms with E-state index in [1.54, 1.807) is 0 Å². The van der Waals surface area contributed by atoms with Gasteiger partial charge in [-0.2, -0.15) is 0 Å². The molecule has 0 heteroatoms. The lowest BCUT2D eigenvalue weighted by molar-refractivity contribution is 0.300. The summed E-state index contributed by atoms with van der Waals surface area (Å²) >= 11 is 0. The lowest BCUT2D eigenvalue weighted by Crippen LogP contribution is -2.11. The maximum atomic E-state index is 2.44. The maximum Gasteiger partial charge on any atom is -0.0363 e. The van der Waals surface area contributed by atoms with Crippen LogP contribution in [0.5, 0.6) is 0 Å². The first-order chi connectivity index (χ1) is 6.61. The van der Waals surface area contributed by atoms with Crippen LogP contribution >= 0.6 is 0 Å². The van der Waals surface area contributed by atoms with E-state index in [1.807, 2.05) is 13.8 Å². The Morgan fingerprint density at radius 1 is 1.00 bits per heavy atom. The Hall–Kier alpha value is 0. The predicted molar refractivity (Wildman–Crippen MR) is 66.5 cm³/mol. The van der Waals surface area contributed by atoms with Crippen LogP contribution in [0.3, 0.4) is 0 Å². The Morgan fingerprint density at radius 3 is 1.79 bits per heavy atom. The molecule has 1 saturated carbocycles. The standard InChI is InChI=1S/C12H24.C2H6/c1-9(2)5-8-12-10(3)6-7-11(12)4;1-2/h9-12H,5-8H2,1-4H3;1-2H3. The summed E-state index contributed by atoms with van der Waals surface area (Å²) < 4.78 is 0. The summed E-state index contributed by atoms with van der Waals surface area (Å²) in [5, 5.41) is 0. The summed E-state index contributed by atoms with van der Waals surface area (Å²) in [6.45, 7) is 13.6. The topological polar surface area (TPSA) is 0 Å². The minimum absolute atomic E-state index is 0.894. The van der Waals surface area contributed by atoms with Crippen LogP contribution < -0.4 is 0 Å². The highest BCUT2D eigenvalue weighted by atomic mass is 14.3. The lowest BCUT2D eigenvalue weighted by Gasteiger charge is -2.20. The highest BCUT2D eigenvalue weighted by molar-refractivity contribution is 4.79. The molecule has 0 radical (unpaired) electrons. The van der Waals surface area contributed by atoms with E-state index in [2.05, 4.69) is 27.7 Å². The molecular weight excluding hydrogens is 168 g/mol. The van der Waals surface area contributed by atoms with Crippen LogP contribution in [0.2, 0.25) is 0 Å². The number of hydrogen-bond donors (Lipinski definition) is 0. The van der Waals surface area contributed by atoms with E-state index in [1.165, 1.54) is 25.7 Å². The second-order valence-corrected chi connectivity index (χ2v) is 5.17. The average Bonchev–Trinajstić information content (AvgIpc) is 2.47. The Labute approximate surface area is 91.5 Å². The van der Waals surface area contributed by atoms with Crippen LogP contribution in [-0.4, -0.2) is 0 Å². The third kappa shape index (κ3) is 4.48. The summed E-state index contributed by atoms with van der Waals surface area (Å²) in [4.78, 5) is 0. The molecule has 1 rings (SSSR count). The van der Waals surface area contributed by atoms with Crippen LogP contribution in [0, 0.1) is 23.7 Å². The molecule has 0 N–H and O–H groups in total. The fourth-order valence-corrected chi connectivity index (χ4v) is 2.61. The van der Waals surface area contributed by atoms with Gasteiger partial charge in [0.2, 0.25) is 0 Å². The minimum atomic E-state index is 0.894. The molecular formula is C14H30. The summed E-state index contributed by atoms with van der Waals surface area (Å²) in [5.74, 6) is 3.93. The quantitative estimate of drug-likeness (QED) is 0.589. The summed E-state index contributed by atoms with van der Waals surface area (Å²) in [5.41, 5.74) is 0. The normalized spacial score (nSPS) is 31.5. The van der Waals surface area contributed by atoms with Gasteiger partial charge in [0.05, 0.1) is 0 Å². The van der Waals surface area contributed by atoms with E-state index in [0.717, 1.165) is 23.7 Å². The fourth-order valence-electron chi connectivity index (χ4n) is 2.61. The average molecular weight is 198 g/mol. The van der Waals surface area contributed by atoms with E-state index in [9.17, 15) is 0 Å². The third-order valence-electron chi connectivity index (χ3n) is 3.62. The van der Waals surface area contributed by atoms with Crippen LogP contribution in [0.4, 0.5) is 0 Å². The first kappa shape index (κ1) is 14.0. The first-order valence-electron chi connectivity index (χ1n) is 6.61. The van der Waals surface area contributed by atoms with Gasteiger partial charge in [-0.3, -0.25) is 0 Å². The molecule has 0 aromatic heterocycles. The molecule has 86 valence electrons. The van der Waals surface area contributed by atoms with Crippen molar-refractivity contribution in [2.24, 2.45) is 23.7 Å². The Kier molecular flexibility index (Phi) is 7.31. The molecule has 1 aliphatic carbocycles. The highest BCUT2D eigenvalue weighted by Gasteiger charge is 2.29. The molecule has 0 aromatic rings. The summed E-state index contributed by atoms with van der Waals surface area (Å²) in [6, 6.07) is 0. The van der Waals surface area contributed by atoms with Gasteiger partial charge in [-0.05, 0) is 30.1 Å². The van der Waals surface area contributed by atoms with E-state index in [4.69, 9.17) is 0 Å². The van der Waals surface area contributed by atoms with Gasteiger partial charge in [-0.1, -0.05) is 60.8 Å². The van der Waals surface area contributed by atoms with Crippen LogP contribution in [0.15, 0.2) is 0 Å². The molecule has 2 unspecified atom stereocenters. The van der Waals surface area contributed by atoms with Gasteiger partial charge in [0, 0.05) is 0 Å². The van der Waals surface area contributed by atoms with Crippen molar-refractivity contribution >= 4 is 0 Å². The zero-order valence-corrected chi connectivity index (χ0v) is 11.1. The van der Waals surface area contributed by atoms with Crippen LogP contribution in [0.1, 0.15) is 67.2 Å². The molecule has 0 aliphatic heterocycles. The van der Waals surface area contributed by atoms with Crippen LogP contribution in [-0.2, 0) is 0 Å². The molecule has 0 amide bonds. The SMILES string of the molecule is CC.CC(C)CCC1C(C)CCC1C. The molecule has 1 aliphatic rings. The summed E-state index contributed by atoms with van der Waals surface area (Å²) in [7, 11) is 0. The van der Waals surface area contributed by atoms with E-state index >= 15 is 0 Å². The van der Waals surface area contributed by atoms with Gasteiger partial charge >= 0.3 is 0 Å². The van der Waals surface area contributed by atoms with Crippen molar-refractivity contribution in [1.82, 2.24) is 0 Å². The third-order valence-corrected chi connectivity index (χ3v) is 3.62. The zero-order valence-electron chi connectivity index (χ0n) is 11.1. The van der Waals surface area contributed by atoms with Crippen molar-refractivity contribution in [2.45, 2.75) is 67.2 Å². The van der Waals surface area contributed by atoms with E-state index < -0.39 is 0 Å². The largest absolute Gasteiger partial charge is 0.0683 e. The van der Waals surface area contributed by atoms with Crippen molar-refractivity contribution in [3.05, 3.63) is 0 Å². The molecule has 14 heavy (non-hydrogen) atoms. The van der Waals surface area contributed by atoms with Crippen molar-refractivity contribution in [2.75, 3.05) is 0 Å². The van der Waals surface area contributed by atoms with Gasteiger partial charge < -0.3 is 0 Å². The molecule has 1 fully saturated rings. The number of rotatable bonds is 3. The monoisotopic (exact) mass is 198 g/mol. The Morgan fingerprint density at radius 2 is 1.43 bits per heavy atom. The van der Waals surface area contributed by atoms with Crippen LogP contribution in [0.25, 0.3) is 0 Å².